The van der Waals surface area contributed by atoms with Crippen LogP contribution in [0.1, 0.15) is 93.6 Å². The number of aliphatic hydroxyl groups excluding tert-OH is 6. The Labute approximate surface area is 622 Å². The van der Waals surface area contributed by atoms with Crippen molar-refractivity contribution in [2.75, 3.05) is 49.4 Å². The third-order valence-electron chi connectivity index (χ3n) is 19.5. The average molecular weight is 1570 g/mol. The van der Waals surface area contributed by atoms with Crippen molar-refractivity contribution in [2.24, 2.45) is 51.7 Å². The van der Waals surface area contributed by atoms with Crippen molar-refractivity contribution in [3.05, 3.63) is 83.4 Å². The minimum Gasteiger partial charge on any atom is -0.463 e. The summed E-state index contributed by atoms with van der Waals surface area (Å²) in [6.45, 7) is 14.1. The number of ether oxygens (including phenoxy) is 10. The number of nitrogens with one attached hydrogen (secondary N) is 4. The quantitative estimate of drug-likeness (QED) is 0.0400. The van der Waals surface area contributed by atoms with Crippen molar-refractivity contribution in [1.82, 2.24) is 76.4 Å². The Kier molecular flexibility index (Phi) is 22.7. The van der Waals surface area contributed by atoms with Crippen molar-refractivity contribution in [1.29, 1.82) is 0 Å². The van der Waals surface area contributed by atoms with Crippen LogP contribution in [0.2, 0.25) is 0 Å². The number of ketones is 1. The van der Waals surface area contributed by atoms with Crippen molar-refractivity contribution >= 4 is 86.2 Å². The molecule has 6 fully saturated rings. The summed E-state index contributed by atoms with van der Waals surface area (Å²) in [5.74, 6) is -4.73. The van der Waals surface area contributed by atoms with Crippen LogP contribution >= 0.6 is 0 Å². The molecule has 14 heterocycles. The zero-order valence-electron chi connectivity index (χ0n) is 62.1. The van der Waals surface area contributed by atoms with E-state index in [2.05, 4.69) is 39.9 Å². The number of hydrogen-bond acceptors (Lipinski definition) is 36. The normalized spacial score (nSPS) is 27.6. The van der Waals surface area contributed by atoms with E-state index < -0.39 is 185 Å². The lowest BCUT2D eigenvalue weighted by molar-refractivity contribution is -0.203. The van der Waals surface area contributed by atoms with Gasteiger partial charge in [-0.2, -0.15) is 19.9 Å². The molecule has 0 radical (unpaired) electrons. The number of aliphatic hydroxyl groups is 6. The number of hydrogen-bond donors (Lipinski definition) is 15. The fourth-order valence-corrected chi connectivity index (χ4v) is 14.0. The number of esters is 2. The number of anilines is 4. The van der Waals surface area contributed by atoms with Crippen LogP contribution in [0.5, 0.6) is 0 Å². The van der Waals surface area contributed by atoms with Gasteiger partial charge in [-0.25, -0.2) is 37.4 Å². The number of imidazole rings is 4. The maximum Gasteiger partial charge on any atom is 0.332 e. The van der Waals surface area contributed by atoms with Crippen molar-refractivity contribution < 1.29 is 92.4 Å². The molecule has 6 aliphatic heterocycles. The Hall–Kier alpha value is -10.2. The van der Waals surface area contributed by atoms with Gasteiger partial charge in [-0.3, -0.25) is 67.0 Å². The second-order valence-corrected chi connectivity index (χ2v) is 28.8. The standard InChI is InChI=1S/C22H31N5O8.C16H24N6O7.C14H19N5O6.C11H15N5O6/c1-9(2)11(7-10(3)28)19(30)32-8-12-14-15(35-22(4,5)34-14)18(33-12)27-16-13(26(6)21(27)31)17(29)25-20(23)24-16;1-5(2)7(17)14(26)28-4-6-9(23)10(24)13(29-6)22-11-8(21(3)16(22)27)12(25)20-15(18)19-11;1-14(2)24-7-5(4-20)23-11(8(7)25-14)19-9-6(18(3)13(19)22)10(21)17-12(15)16-9;1-15-4-7(13-10(12)14-8(4)20)16(11(15)21)9-6(19)5(18)3(2-17)22-9/h9,11-12,14-15,18H,7-8H2,1-6H3,(H3,23,24,25,29);5-7,9-10,13,23-24H,4,17H2,1-3H3,(H3,18,19,20,25);5,7-8,11,20H,4H2,1-3H3,(H3,15,16,17,21);3,5-6,9,17-19H,2H2,1H3,(H3,12,13,14,20)/t11-,12+,14+,15?,18+;6-,7+,9-,10?,13-;5-,7-,8?,11-;3-,5-,6?,9-/m0111/s1. The maximum atomic E-state index is 13.1. The van der Waals surface area contributed by atoms with Crippen LogP contribution in [-0.2, 0) is 89.9 Å². The molecule has 48 nitrogen and oxygen atoms in total. The number of carbonyl (C=O) groups excluding carboxylic acids is 3. The highest BCUT2D eigenvalue weighted by Crippen LogP contribution is 2.45. The molecule has 0 spiro atoms. The number of aromatic amines is 4. The predicted molar refractivity (Wildman–Crippen MR) is 380 cm³/mol. The van der Waals surface area contributed by atoms with E-state index >= 15 is 0 Å². The highest BCUT2D eigenvalue weighted by molar-refractivity contribution is 5.83. The summed E-state index contributed by atoms with van der Waals surface area (Å²) in [5.41, 5.74) is 23.2. The van der Waals surface area contributed by atoms with Gasteiger partial charge in [0, 0.05) is 34.6 Å². The van der Waals surface area contributed by atoms with Gasteiger partial charge in [-0.1, -0.05) is 27.7 Å². The van der Waals surface area contributed by atoms with E-state index in [-0.39, 0.29) is 112 Å². The third-order valence-corrected chi connectivity index (χ3v) is 19.5. The third kappa shape index (κ3) is 15.1. The molecule has 8 aromatic rings. The molecule has 4 unspecified atom stereocenters. The Morgan fingerprint density at radius 1 is 0.450 bits per heavy atom. The van der Waals surface area contributed by atoms with E-state index in [0.717, 1.165) is 22.8 Å². The summed E-state index contributed by atoms with van der Waals surface area (Å²) in [7, 11) is 5.60. The fraction of sp³-hybridized carbons (Fsp3) is 0.635. The Balaban J connectivity index is 0.000000149. The molecule has 18 atom stereocenters. The second kappa shape index (κ2) is 30.8. The molecule has 0 bridgehead atoms. The smallest absolute Gasteiger partial charge is 0.332 e. The van der Waals surface area contributed by atoms with E-state index in [1.54, 1.807) is 41.5 Å². The van der Waals surface area contributed by atoms with Gasteiger partial charge >= 0.3 is 34.7 Å². The lowest BCUT2D eigenvalue weighted by Crippen LogP contribution is -2.40. The second-order valence-electron chi connectivity index (χ2n) is 28.8. The van der Waals surface area contributed by atoms with Crippen LogP contribution in [0.25, 0.3) is 44.7 Å². The number of nitrogens with two attached hydrogens (primary N) is 5. The summed E-state index contributed by atoms with van der Waals surface area (Å²) in [6.07, 6.45) is -16.6. The number of carbonyl (C=O) groups is 3. The zero-order chi connectivity index (χ0) is 81.7. The topological polar surface area (TPSA) is 686 Å². The summed E-state index contributed by atoms with van der Waals surface area (Å²) in [4.78, 5) is 161. The van der Waals surface area contributed by atoms with E-state index in [0.29, 0.717) is 0 Å². The van der Waals surface area contributed by atoms with E-state index in [4.69, 9.17) is 81.1 Å². The maximum absolute atomic E-state index is 13.1. The minimum absolute atomic E-state index is 0.0291. The van der Waals surface area contributed by atoms with Crippen LogP contribution < -0.4 is 73.7 Å². The van der Waals surface area contributed by atoms with Crippen LogP contribution in [0, 0.1) is 17.8 Å². The first-order chi connectivity index (χ1) is 51.9. The van der Waals surface area contributed by atoms with Crippen LogP contribution in [0.15, 0.2) is 38.4 Å². The lowest BCUT2D eigenvalue weighted by atomic mass is 9.91. The molecule has 6 saturated heterocycles. The highest BCUT2D eigenvalue weighted by Gasteiger charge is 2.59. The van der Waals surface area contributed by atoms with Gasteiger partial charge in [0.1, 0.15) is 98.3 Å². The van der Waals surface area contributed by atoms with Gasteiger partial charge in [-0.05, 0) is 46.5 Å². The molecular weight excluding hydrogens is 1480 g/mol. The Bertz CT molecular complexity index is 5420. The van der Waals surface area contributed by atoms with Crippen molar-refractivity contribution in [2.45, 2.75) is 185 Å². The Morgan fingerprint density at radius 2 is 0.748 bits per heavy atom. The molecule has 8 aromatic heterocycles. The van der Waals surface area contributed by atoms with Crippen LogP contribution in [0.3, 0.4) is 0 Å². The van der Waals surface area contributed by atoms with Crippen molar-refractivity contribution in [3.8, 4) is 0 Å². The summed E-state index contributed by atoms with van der Waals surface area (Å²) in [5, 5.41) is 59.3. The monoisotopic (exact) mass is 1570 g/mol. The number of nitrogen functional groups attached to an aromatic ring is 4. The predicted octanol–water partition coefficient (Wildman–Crippen LogP) is -7.60. The van der Waals surface area contributed by atoms with Gasteiger partial charge in [0.15, 0.2) is 81.1 Å². The number of Topliss-reactive ketones (excluding diaryl/α,β-unsaturated/α-hetero) is 1. The SMILES string of the molecule is CC(=O)C[C@H](C(=O)OC[C@H]1O[C@@H](n2c(=O)n(C)c3c(=O)[nH]c(N)nc32)C2OC(C)(C)O[C@@H]21)C(C)C.CC(C)[C@H](N)C(=O)OC[C@H]1O[C@@H](n2c(=O)n(C)c3c(=O)[nH]c(N)nc32)C(O)[C@@H]1O.Cn1c(=O)n([C@@H]2O[C@H](CO)[C@@H](O)C2O)c2nc(N)[nH]c(=O)c21.Cn1c(=O)n([C@@H]2O[C@H](CO)[C@H]3OC(C)(C)OC23)c2nc(N)[nH]c(=O)c21. The Morgan fingerprint density at radius 3 is 1.08 bits per heavy atom. The molecule has 6 aliphatic rings. The van der Waals surface area contributed by atoms with Gasteiger partial charge < -0.3 is 111 Å². The number of aromatic nitrogens is 16. The average Bonchev–Trinajstić information content (AvgIpc) is 1.59. The van der Waals surface area contributed by atoms with Crippen LogP contribution in [0.4, 0.5) is 23.8 Å². The summed E-state index contributed by atoms with van der Waals surface area (Å²) < 4.78 is 65.8. The molecule has 0 aliphatic carbocycles. The van der Waals surface area contributed by atoms with Gasteiger partial charge in [0.25, 0.3) is 22.2 Å². The molecule has 608 valence electrons. The van der Waals surface area contributed by atoms with E-state index in [9.17, 15) is 78.3 Å². The molecule has 48 heteroatoms. The summed E-state index contributed by atoms with van der Waals surface area (Å²) >= 11 is 0. The molecule has 14 rings (SSSR count). The van der Waals surface area contributed by atoms with Crippen molar-refractivity contribution in [3.63, 3.8) is 0 Å². The number of H-pyrrole nitrogens is 4. The first-order valence-corrected chi connectivity index (χ1v) is 34.7. The number of rotatable bonds is 16. The van der Waals surface area contributed by atoms with E-state index in [1.807, 2.05) is 13.8 Å². The first-order valence-electron chi connectivity index (χ1n) is 34.7. The summed E-state index contributed by atoms with van der Waals surface area (Å²) in [6, 6.07) is -0.853. The van der Waals surface area contributed by atoms with Gasteiger partial charge in [0.05, 0.1) is 19.1 Å². The van der Waals surface area contributed by atoms with Crippen LogP contribution in [-0.4, -0.2) is 242 Å². The fourth-order valence-electron chi connectivity index (χ4n) is 14.0. The molecule has 0 aromatic carbocycles. The zero-order valence-corrected chi connectivity index (χ0v) is 62.1. The molecular formula is C63H89N21O27. The van der Waals surface area contributed by atoms with E-state index in [1.165, 1.54) is 48.8 Å². The largest absolute Gasteiger partial charge is 0.463 e. The first kappa shape index (κ1) is 81.8. The molecule has 0 saturated carbocycles. The van der Waals surface area contributed by atoms with Gasteiger partial charge in [0.2, 0.25) is 23.8 Å². The lowest BCUT2D eigenvalue weighted by Gasteiger charge is -2.25. The minimum atomic E-state index is -1.55. The van der Waals surface area contributed by atoms with Gasteiger partial charge in [-0.15, -0.1) is 0 Å². The molecule has 111 heavy (non-hydrogen) atoms. The molecule has 0 amide bonds. The number of nitrogens with zero attached hydrogens (tertiary/aromatic N) is 12. The number of fused-ring (bicyclic) bond motifs is 6. The number of aryl methyl sites for hydroxylation is 4. The highest BCUT2D eigenvalue weighted by atomic mass is 16.8. The molecule has 20 N–H and O–H groups in total.